The number of benzene rings is 2. The van der Waals surface area contributed by atoms with E-state index in [-0.39, 0.29) is 22.0 Å². The number of aryl methyl sites for hydroxylation is 1. The summed E-state index contributed by atoms with van der Waals surface area (Å²) < 4.78 is 33.8. The molecule has 3 aromatic rings. The Balaban J connectivity index is 1.94. The summed E-state index contributed by atoms with van der Waals surface area (Å²) in [6.45, 7) is 2.73. The largest absolute Gasteiger partial charge is 0.465 e. The molecule has 28 heavy (non-hydrogen) atoms. The van der Waals surface area contributed by atoms with Crippen molar-refractivity contribution in [2.24, 2.45) is 0 Å². The van der Waals surface area contributed by atoms with Crippen LogP contribution in [0.5, 0.6) is 0 Å². The average molecular weight is 422 g/mol. The molecule has 9 heteroatoms. The molecule has 148 valence electrons. The van der Waals surface area contributed by atoms with Crippen LogP contribution >= 0.6 is 11.6 Å². The maximum atomic E-state index is 13.0. The van der Waals surface area contributed by atoms with Gasteiger partial charge in [-0.15, -0.1) is 0 Å². The van der Waals surface area contributed by atoms with Crippen LogP contribution in [-0.4, -0.2) is 42.4 Å². The third-order valence-corrected chi connectivity index (χ3v) is 6.74. The number of carbonyl (C=O) groups excluding carboxylic acids is 1. The van der Waals surface area contributed by atoms with E-state index in [1.807, 2.05) is 35.8 Å². The lowest BCUT2D eigenvalue weighted by atomic mass is 10.2. The molecule has 0 unspecified atom stereocenters. The molecular weight excluding hydrogens is 402 g/mol. The summed E-state index contributed by atoms with van der Waals surface area (Å²) in [5.41, 5.74) is 1.94. The van der Waals surface area contributed by atoms with Crippen molar-refractivity contribution in [3.05, 3.63) is 58.9 Å². The zero-order valence-corrected chi connectivity index (χ0v) is 17.3. The minimum atomic E-state index is -3.88. The number of methoxy groups -OCH3 is 1. The number of hydrogen-bond acceptors (Lipinski definition) is 5. The lowest BCUT2D eigenvalue weighted by molar-refractivity contribution is 0.0600. The molecule has 0 atom stereocenters. The molecule has 0 amide bonds. The van der Waals surface area contributed by atoms with Crippen LogP contribution in [0.25, 0.3) is 11.0 Å². The van der Waals surface area contributed by atoms with Gasteiger partial charge in [0.05, 0.1) is 35.3 Å². The smallest absolute Gasteiger partial charge is 0.337 e. The maximum absolute atomic E-state index is 13.0. The number of nitrogens with zero attached hydrogens (tertiary/aromatic N) is 3. The van der Waals surface area contributed by atoms with Crippen LogP contribution in [0.2, 0.25) is 5.02 Å². The van der Waals surface area contributed by atoms with E-state index >= 15 is 0 Å². The van der Waals surface area contributed by atoms with Crippen LogP contribution in [0, 0.1) is 0 Å². The number of rotatable bonds is 6. The first-order chi connectivity index (χ1) is 13.3. The van der Waals surface area contributed by atoms with E-state index in [1.165, 1.54) is 36.7 Å². The molecular formula is C19H20ClN3O4S. The predicted molar refractivity (Wildman–Crippen MR) is 107 cm³/mol. The second-order valence-electron chi connectivity index (χ2n) is 6.16. The van der Waals surface area contributed by atoms with Crippen molar-refractivity contribution in [1.82, 2.24) is 13.9 Å². The van der Waals surface area contributed by atoms with Crippen LogP contribution in [0.4, 0.5) is 0 Å². The fourth-order valence-corrected chi connectivity index (χ4v) is 4.65. The van der Waals surface area contributed by atoms with Crippen LogP contribution < -0.4 is 0 Å². The van der Waals surface area contributed by atoms with Crippen molar-refractivity contribution in [3.63, 3.8) is 0 Å². The van der Waals surface area contributed by atoms with Gasteiger partial charge < -0.3 is 9.30 Å². The van der Waals surface area contributed by atoms with E-state index in [0.717, 1.165) is 11.0 Å². The number of hydrogen-bond donors (Lipinski definition) is 0. The van der Waals surface area contributed by atoms with E-state index in [1.54, 1.807) is 0 Å². The van der Waals surface area contributed by atoms with Crippen LogP contribution in [-0.2, 0) is 27.8 Å². The van der Waals surface area contributed by atoms with Gasteiger partial charge in [-0.25, -0.2) is 18.2 Å². The summed E-state index contributed by atoms with van der Waals surface area (Å²) in [4.78, 5) is 16.1. The molecule has 1 aromatic heterocycles. The highest BCUT2D eigenvalue weighted by Crippen LogP contribution is 2.27. The van der Waals surface area contributed by atoms with Gasteiger partial charge >= 0.3 is 5.97 Å². The summed E-state index contributed by atoms with van der Waals surface area (Å²) in [6.07, 6.45) is 0. The molecule has 1 heterocycles. The number of sulfonamides is 1. The summed E-state index contributed by atoms with van der Waals surface area (Å²) in [5, 5.41) is -0.0428. The average Bonchev–Trinajstić information content (AvgIpc) is 3.03. The number of ether oxygens (including phenoxy) is 1. The Hall–Kier alpha value is -2.42. The fraction of sp³-hybridized carbons (Fsp3) is 0.263. The van der Waals surface area contributed by atoms with Crippen molar-refractivity contribution in [1.29, 1.82) is 0 Å². The third kappa shape index (κ3) is 3.63. The van der Waals surface area contributed by atoms with Crippen molar-refractivity contribution in [2.45, 2.75) is 24.9 Å². The van der Waals surface area contributed by atoms with Crippen molar-refractivity contribution in [2.75, 3.05) is 14.2 Å². The zero-order valence-electron chi connectivity index (χ0n) is 15.7. The monoisotopic (exact) mass is 421 g/mol. The second kappa shape index (κ2) is 7.90. The Bertz CT molecular complexity index is 1140. The maximum Gasteiger partial charge on any atom is 0.337 e. The molecule has 7 nitrogen and oxygen atoms in total. The summed E-state index contributed by atoms with van der Waals surface area (Å²) in [5.74, 6) is 0.0490. The number of carbonyl (C=O) groups is 1. The third-order valence-electron chi connectivity index (χ3n) is 4.46. The summed E-state index contributed by atoms with van der Waals surface area (Å²) in [7, 11) is -1.17. The van der Waals surface area contributed by atoms with Crippen molar-refractivity contribution < 1.29 is 17.9 Å². The van der Waals surface area contributed by atoms with Gasteiger partial charge in [0.15, 0.2) is 0 Å². The lowest BCUT2D eigenvalue weighted by Crippen LogP contribution is -2.28. The SMILES string of the molecule is CCn1c(CN(C)S(=O)(=O)c2ccc(C(=O)OC)cc2Cl)nc2ccccc21. The number of para-hydroxylation sites is 2. The van der Waals surface area contributed by atoms with Gasteiger partial charge in [-0.1, -0.05) is 23.7 Å². The van der Waals surface area contributed by atoms with Gasteiger partial charge in [0.1, 0.15) is 10.7 Å². The Morgan fingerprint density at radius 2 is 1.96 bits per heavy atom. The van der Waals surface area contributed by atoms with Crippen LogP contribution in [0.15, 0.2) is 47.4 Å². The number of halogens is 1. The van der Waals surface area contributed by atoms with Gasteiger partial charge in [0.25, 0.3) is 0 Å². The van der Waals surface area contributed by atoms with Crippen LogP contribution in [0.3, 0.4) is 0 Å². The summed E-state index contributed by atoms with van der Waals surface area (Å²) >= 11 is 6.15. The lowest BCUT2D eigenvalue weighted by Gasteiger charge is -2.18. The Morgan fingerprint density at radius 3 is 2.61 bits per heavy atom. The number of esters is 1. The Kier molecular flexibility index (Phi) is 5.74. The van der Waals surface area contributed by atoms with E-state index in [2.05, 4.69) is 9.72 Å². The molecule has 0 radical (unpaired) electrons. The molecule has 0 spiro atoms. The molecule has 0 saturated heterocycles. The predicted octanol–water partition coefficient (Wildman–Crippen LogP) is 3.32. The first-order valence-corrected chi connectivity index (χ1v) is 10.4. The molecule has 0 saturated carbocycles. The topological polar surface area (TPSA) is 81.5 Å². The highest BCUT2D eigenvalue weighted by molar-refractivity contribution is 7.89. The van der Waals surface area contributed by atoms with E-state index in [9.17, 15) is 13.2 Å². The molecule has 0 aliphatic heterocycles. The number of aromatic nitrogens is 2. The van der Waals surface area contributed by atoms with Gasteiger partial charge in [0, 0.05) is 13.6 Å². The van der Waals surface area contributed by atoms with Crippen molar-refractivity contribution in [3.8, 4) is 0 Å². The molecule has 0 N–H and O–H groups in total. The van der Waals surface area contributed by atoms with Gasteiger partial charge in [-0.2, -0.15) is 4.31 Å². The minimum Gasteiger partial charge on any atom is -0.465 e. The molecule has 2 aromatic carbocycles. The molecule has 0 fully saturated rings. The standard InChI is InChI=1S/C19H20ClN3O4S/c1-4-23-16-8-6-5-7-15(16)21-18(23)12-22(2)28(25,26)17-10-9-13(11-14(17)20)19(24)27-3/h5-11H,4,12H2,1-3H3. The minimum absolute atomic E-state index is 0.0428. The van der Waals surface area contributed by atoms with Gasteiger partial charge in [-0.05, 0) is 37.3 Å². The highest BCUT2D eigenvalue weighted by Gasteiger charge is 2.26. The fourth-order valence-electron chi connectivity index (χ4n) is 3.01. The first kappa shape index (κ1) is 20.3. The number of fused-ring (bicyclic) bond motifs is 1. The molecule has 0 bridgehead atoms. The van der Waals surface area contributed by atoms with E-state index in [4.69, 9.17) is 11.6 Å². The highest BCUT2D eigenvalue weighted by atomic mass is 35.5. The first-order valence-electron chi connectivity index (χ1n) is 8.58. The Morgan fingerprint density at radius 1 is 1.25 bits per heavy atom. The summed E-state index contributed by atoms with van der Waals surface area (Å²) in [6, 6.07) is 11.6. The van der Waals surface area contributed by atoms with E-state index < -0.39 is 16.0 Å². The second-order valence-corrected chi connectivity index (χ2v) is 8.58. The normalized spacial score (nSPS) is 11.9. The van der Waals surface area contributed by atoms with Crippen LogP contribution in [0.1, 0.15) is 23.1 Å². The van der Waals surface area contributed by atoms with Gasteiger partial charge in [0.2, 0.25) is 10.0 Å². The number of imidazole rings is 1. The van der Waals surface area contributed by atoms with Gasteiger partial charge in [-0.3, -0.25) is 0 Å². The molecule has 3 rings (SSSR count). The zero-order chi connectivity index (χ0) is 20.5. The van der Waals surface area contributed by atoms with E-state index in [0.29, 0.717) is 12.4 Å². The Labute approximate surface area is 168 Å². The molecule has 0 aliphatic carbocycles. The molecule has 0 aliphatic rings. The quantitative estimate of drug-likeness (QED) is 0.570. The van der Waals surface area contributed by atoms with Crippen molar-refractivity contribution >= 4 is 38.6 Å².